The summed E-state index contributed by atoms with van der Waals surface area (Å²) in [6.07, 6.45) is 0. The van der Waals surface area contributed by atoms with Crippen LogP contribution in [0.4, 0.5) is 0 Å². The molecule has 0 saturated carbocycles. The highest BCUT2D eigenvalue weighted by atomic mass is 16.5. The van der Waals surface area contributed by atoms with Gasteiger partial charge in [-0.1, -0.05) is 18.2 Å². The van der Waals surface area contributed by atoms with E-state index in [2.05, 4.69) is 5.32 Å². The summed E-state index contributed by atoms with van der Waals surface area (Å²) in [5, 5.41) is 3.10. The predicted octanol–water partition coefficient (Wildman–Crippen LogP) is -0.107. The number of likely N-dealkylation sites (N-methyl/N-ethyl adjacent to an activating group) is 1. The lowest BCUT2D eigenvalue weighted by Gasteiger charge is -2.29. The van der Waals surface area contributed by atoms with E-state index in [0.717, 1.165) is 4.90 Å². The summed E-state index contributed by atoms with van der Waals surface area (Å²) in [6, 6.07) is 8.24. The summed E-state index contributed by atoms with van der Waals surface area (Å²) in [7, 11) is 4.29. The van der Waals surface area contributed by atoms with Gasteiger partial charge < -0.3 is 9.64 Å². The van der Waals surface area contributed by atoms with Crippen LogP contribution in [0.2, 0.25) is 0 Å². The van der Waals surface area contributed by atoms with Gasteiger partial charge in [0.05, 0.1) is 18.9 Å². The number of rotatable bonds is 4. The van der Waals surface area contributed by atoms with E-state index in [-0.39, 0.29) is 18.4 Å². The van der Waals surface area contributed by atoms with Crippen molar-refractivity contribution < 1.29 is 23.9 Å². The van der Waals surface area contributed by atoms with E-state index in [0.29, 0.717) is 5.56 Å². The van der Waals surface area contributed by atoms with Crippen molar-refractivity contribution in [3.63, 3.8) is 0 Å². The number of methoxy groups -OCH3 is 1. The Kier molecular flexibility index (Phi) is 4.77. The van der Waals surface area contributed by atoms with Crippen LogP contribution in [0, 0.1) is 11.8 Å². The van der Waals surface area contributed by atoms with Gasteiger partial charge in [0.25, 0.3) is 5.91 Å². The lowest BCUT2D eigenvalue weighted by Crippen LogP contribution is -2.56. The number of carbonyl (C=O) groups is 4. The Morgan fingerprint density at radius 1 is 1.22 bits per heavy atom. The normalized spacial score (nSPS) is 29.6. The van der Waals surface area contributed by atoms with Crippen molar-refractivity contribution in [3.8, 4) is 0 Å². The van der Waals surface area contributed by atoms with Gasteiger partial charge in [0.15, 0.2) is 0 Å². The fourth-order valence-electron chi connectivity index (χ4n) is 4.15. The Morgan fingerprint density at radius 3 is 2.44 bits per heavy atom. The molecule has 2 fully saturated rings. The van der Waals surface area contributed by atoms with Crippen LogP contribution in [0.1, 0.15) is 17.3 Å². The minimum atomic E-state index is -1.32. The molecular formula is C19H23N3O5. The number of nitrogens with one attached hydrogen (secondary N) is 1. The summed E-state index contributed by atoms with van der Waals surface area (Å²) < 4.78 is 4.87. The predicted molar refractivity (Wildman–Crippen MR) is 95.5 cm³/mol. The van der Waals surface area contributed by atoms with Crippen LogP contribution in [0.3, 0.4) is 0 Å². The molecular weight excluding hydrogens is 350 g/mol. The molecule has 0 radical (unpaired) electrons. The van der Waals surface area contributed by atoms with E-state index in [9.17, 15) is 19.2 Å². The second-order valence-electron chi connectivity index (χ2n) is 7.24. The molecule has 0 aliphatic carbocycles. The Bertz CT molecular complexity index is 796. The average Bonchev–Trinajstić information content (AvgIpc) is 3.10. The third-order valence-electron chi connectivity index (χ3n) is 5.56. The van der Waals surface area contributed by atoms with Gasteiger partial charge in [-0.2, -0.15) is 0 Å². The first kappa shape index (κ1) is 19.0. The Hall–Kier alpha value is -2.74. The van der Waals surface area contributed by atoms with Gasteiger partial charge in [0.2, 0.25) is 11.8 Å². The Morgan fingerprint density at radius 2 is 1.85 bits per heavy atom. The average molecular weight is 373 g/mol. The van der Waals surface area contributed by atoms with E-state index in [1.54, 1.807) is 38.2 Å². The zero-order valence-corrected chi connectivity index (χ0v) is 15.8. The van der Waals surface area contributed by atoms with Crippen molar-refractivity contribution in [1.29, 1.82) is 0 Å². The number of fused-ring (bicyclic) bond motifs is 1. The number of hydrogen-bond donors (Lipinski definition) is 1. The quantitative estimate of drug-likeness (QED) is 0.585. The topological polar surface area (TPSA) is 96.0 Å². The largest absolute Gasteiger partial charge is 0.468 e. The number of esters is 1. The molecule has 3 amide bonds. The van der Waals surface area contributed by atoms with Crippen molar-refractivity contribution >= 4 is 23.7 Å². The fraction of sp³-hybridized carbons (Fsp3) is 0.474. The molecule has 3 rings (SSSR count). The van der Waals surface area contributed by atoms with Crippen molar-refractivity contribution in [2.45, 2.75) is 18.5 Å². The molecule has 2 aliphatic heterocycles. The van der Waals surface area contributed by atoms with Gasteiger partial charge in [-0.3, -0.25) is 29.4 Å². The first-order chi connectivity index (χ1) is 12.7. The highest BCUT2D eigenvalue weighted by molar-refractivity contribution is 6.09. The molecule has 0 aromatic heterocycles. The molecule has 2 saturated heterocycles. The third-order valence-corrected chi connectivity index (χ3v) is 5.56. The van der Waals surface area contributed by atoms with Gasteiger partial charge >= 0.3 is 5.97 Å². The van der Waals surface area contributed by atoms with Crippen LogP contribution in [-0.4, -0.2) is 72.8 Å². The first-order valence-electron chi connectivity index (χ1n) is 8.70. The molecule has 27 heavy (non-hydrogen) atoms. The molecule has 0 unspecified atom stereocenters. The van der Waals surface area contributed by atoms with Crippen molar-refractivity contribution in [2.75, 3.05) is 27.7 Å². The molecule has 0 bridgehead atoms. The number of amides is 3. The minimum Gasteiger partial charge on any atom is -0.468 e. The SMILES string of the molecule is COC(=O)[C@]1(C)N[C@H](CN(C)C(=O)c2ccccc2)[C@@H]2C(=O)N(C)C(=O)[C@@H]21. The van der Waals surface area contributed by atoms with E-state index in [4.69, 9.17) is 4.74 Å². The molecule has 8 nitrogen and oxygen atoms in total. The summed E-state index contributed by atoms with van der Waals surface area (Å²) in [4.78, 5) is 52.8. The number of carbonyl (C=O) groups excluding carboxylic acids is 4. The zero-order chi connectivity index (χ0) is 19.9. The standard InChI is InChI=1S/C19H23N3O5/c1-19(18(26)27-4)14-13(16(24)22(3)17(14)25)12(20-19)10-21(2)15(23)11-8-6-5-7-9-11/h5-9,12-14,20H,10H2,1-4H3/t12-,13+,14-,19-/m1/s1. The molecule has 1 aromatic rings. The molecule has 1 aromatic carbocycles. The van der Waals surface area contributed by atoms with E-state index < -0.39 is 35.3 Å². The molecule has 4 atom stereocenters. The Balaban J connectivity index is 1.87. The maximum atomic E-state index is 12.6. The lowest BCUT2D eigenvalue weighted by atomic mass is 9.81. The highest BCUT2D eigenvalue weighted by Gasteiger charge is 2.66. The van der Waals surface area contributed by atoms with Crippen LogP contribution in [-0.2, 0) is 19.1 Å². The van der Waals surface area contributed by atoms with Gasteiger partial charge in [-0.25, -0.2) is 0 Å². The Labute approximate surface area is 157 Å². The van der Waals surface area contributed by atoms with Crippen LogP contribution in [0.5, 0.6) is 0 Å². The van der Waals surface area contributed by atoms with E-state index >= 15 is 0 Å². The third kappa shape index (κ3) is 2.90. The second-order valence-corrected chi connectivity index (χ2v) is 7.24. The molecule has 0 spiro atoms. The van der Waals surface area contributed by atoms with Crippen molar-refractivity contribution in [2.24, 2.45) is 11.8 Å². The zero-order valence-electron chi connectivity index (χ0n) is 15.8. The van der Waals surface area contributed by atoms with Gasteiger partial charge in [-0.15, -0.1) is 0 Å². The van der Waals surface area contributed by atoms with Crippen molar-refractivity contribution in [1.82, 2.24) is 15.1 Å². The summed E-state index contributed by atoms with van der Waals surface area (Å²) in [6.45, 7) is 1.74. The molecule has 2 heterocycles. The number of imide groups is 1. The minimum absolute atomic E-state index is 0.175. The van der Waals surface area contributed by atoms with Gasteiger partial charge in [0, 0.05) is 32.2 Å². The van der Waals surface area contributed by atoms with Crippen LogP contribution >= 0.6 is 0 Å². The number of likely N-dealkylation sites (tertiary alicyclic amines) is 1. The van der Waals surface area contributed by atoms with Crippen LogP contribution < -0.4 is 5.32 Å². The van der Waals surface area contributed by atoms with Crippen LogP contribution in [0.25, 0.3) is 0 Å². The summed E-state index contributed by atoms with van der Waals surface area (Å²) in [5.74, 6) is -3.15. The smallest absolute Gasteiger partial charge is 0.326 e. The summed E-state index contributed by atoms with van der Waals surface area (Å²) >= 11 is 0. The maximum Gasteiger partial charge on any atom is 0.326 e. The molecule has 8 heteroatoms. The summed E-state index contributed by atoms with van der Waals surface area (Å²) in [5.41, 5.74) is -0.797. The monoisotopic (exact) mass is 373 g/mol. The van der Waals surface area contributed by atoms with Gasteiger partial charge in [-0.05, 0) is 19.1 Å². The van der Waals surface area contributed by atoms with Crippen molar-refractivity contribution in [3.05, 3.63) is 35.9 Å². The first-order valence-corrected chi connectivity index (χ1v) is 8.70. The number of hydrogen-bond acceptors (Lipinski definition) is 6. The lowest BCUT2D eigenvalue weighted by molar-refractivity contribution is -0.152. The van der Waals surface area contributed by atoms with Crippen LogP contribution in [0.15, 0.2) is 30.3 Å². The maximum absolute atomic E-state index is 12.6. The van der Waals surface area contributed by atoms with E-state index in [1.165, 1.54) is 19.1 Å². The van der Waals surface area contributed by atoms with Gasteiger partial charge in [0.1, 0.15) is 5.54 Å². The number of ether oxygens (including phenoxy) is 1. The molecule has 1 N–H and O–H groups in total. The van der Waals surface area contributed by atoms with E-state index in [1.807, 2.05) is 6.07 Å². The second kappa shape index (κ2) is 6.77. The number of nitrogens with zero attached hydrogens (tertiary/aromatic N) is 2. The number of benzene rings is 1. The molecule has 2 aliphatic rings. The fourth-order valence-corrected chi connectivity index (χ4v) is 4.15. The highest BCUT2D eigenvalue weighted by Crippen LogP contribution is 2.43. The molecule has 144 valence electrons.